The number of benzene rings is 10. The molecule has 0 aliphatic heterocycles. The van der Waals surface area contributed by atoms with Crippen molar-refractivity contribution in [1.82, 2.24) is 15.0 Å². The second kappa shape index (κ2) is 16.1. The molecule has 11 aromatic rings. The quantitative estimate of drug-likeness (QED) is 0.113. The average Bonchev–Trinajstić information content (AvgIpc) is 3.68. The summed E-state index contributed by atoms with van der Waals surface area (Å²) < 4.78 is 0. The Morgan fingerprint density at radius 2 is 0.776 bits per heavy atom. The summed E-state index contributed by atoms with van der Waals surface area (Å²) in [6.07, 6.45) is 0. The first kappa shape index (κ1) is 40.5. The second-order valence-electron chi connectivity index (χ2n) is 18.8. The van der Waals surface area contributed by atoms with Crippen molar-refractivity contribution in [2.45, 2.75) is 25.1 Å². The zero-order valence-electron chi connectivity index (χ0n) is 37.8. The van der Waals surface area contributed by atoms with Crippen molar-refractivity contribution in [3.8, 4) is 67.5 Å². The molecule has 1 aliphatic rings. The Morgan fingerprint density at radius 1 is 0.313 bits per heavy atom. The molecule has 1 aliphatic carbocycles. The summed E-state index contributed by atoms with van der Waals surface area (Å²) in [7, 11) is -1.63. The Labute approximate surface area is 393 Å². The van der Waals surface area contributed by atoms with Crippen LogP contribution in [0.5, 0.6) is 0 Å². The van der Waals surface area contributed by atoms with Crippen molar-refractivity contribution < 1.29 is 0 Å². The monoisotopic (exact) mass is 873 g/mol. The van der Waals surface area contributed by atoms with Gasteiger partial charge in [0.05, 0.1) is 13.5 Å². The molecule has 0 saturated carbocycles. The van der Waals surface area contributed by atoms with Crippen LogP contribution in [0.3, 0.4) is 0 Å². The van der Waals surface area contributed by atoms with E-state index >= 15 is 0 Å². The molecule has 0 N–H and O–H groups in total. The highest BCUT2D eigenvalue weighted by molar-refractivity contribution is 6.88. The van der Waals surface area contributed by atoms with Gasteiger partial charge < -0.3 is 0 Å². The van der Waals surface area contributed by atoms with Crippen LogP contribution >= 0.6 is 0 Å². The SMILES string of the molecule is C[Si](C)(C)c1ccc2c(c1)C(c1ccccc1)(c1ccccc1)c1cc(-c3cccc(-c4ccc(-c5nc(-c6ccccc6)nc(-c6cc7ccccc7c7ccccc67)n5)cc4)c3)ccc1-2. The van der Waals surface area contributed by atoms with E-state index in [0.29, 0.717) is 17.5 Å². The molecular weight excluding hydrogens is 827 g/mol. The van der Waals surface area contributed by atoms with Crippen LogP contribution in [-0.2, 0) is 5.41 Å². The van der Waals surface area contributed by atoms with Crippen molar-refractivity contribution >= 4 is 34.8 Å². The first-order valence-electron chi connectivity index (χ1n) is 23.2. The van der Waals surface area contributed by atoms with Gasteiger partial charge in [0.1, 0.15) is 0 Å². The van der Waals surface area contributed by atoms with Crippen molar-refractivity contribution in [3.05, 3.63) is 253 Å². The largest absolute Gasteiger partial charge is 0.208 e. The maximum atomic E-state index is 5.21. The maximum absolute atomic E-state index is 5.21. The van der Waals surface area contributed by atoms with Gasteiger partial charge in [-0.05, 0) is 95.4 Å². The summed E-state index contributed by atoms with van der Waals surface area (Å²) in [5, 5.41) is 6.13. The fourth-order valence-corrected chi connectivity index (χ4v) is 11.6. The summed E-state index contributed by atoms with van der Waals surface area (Å²) in [6.45, 7) is 7.34. The Morgan fingerprint density at radius 3 is 1.43 bits per heavy atom. The molecule has 1 aromatic heterocycles. The van der Waals surface area contributed by atoms with E-state index in [4.69, 9.17) is 15.0 Å². The van der Waals surface area contributed by atoms with E-state index in [0.717, 1.165) is 38.6 Å². The Balaban J connectivity index is 0.949. The zero-order valence-corrected chi connectivity index (χ0v) is 38.8. The van der Waals surface area contributed by atoms with Gasteiger partial charge >= 0.3 is 0 Å². The molecule has 67 heavy (non-hydrogen) atoms. The maximum Gasteiger partial charge on any atom is 0.164 e. The average molecular weight is 874 g/mol. The first-order valence-corrected chi connectivity index (χ1v) is 26.7. The van der Waals surface area contributed by atoms with E-state index in [2.05, 4.69) is 232 Å². The molecule has 318 valence electrons. The summed E-state index contributed by atoms with van der Waals surface area (Å²) in [5.74, 6) is 1.94. The van der Waals surface area contributed by atoms with Crippen LogP contribution in [0.25, 0.3) is 89.1 Å². The molecule has 4 heteroatoms. The molecule has 12 rings (SSSR count). The number of hydrogen-bond acceptors (Lipinski definition) is 3. The van der Waals surface area contributed by atoms with Gasteiger partial charge in [-0.25, -0.2) is 15.0 Å². The highest BCUT2D eigenvalue weighted by atomic mass is 28.3. The van der Waals surface area contributed by atoms with Gasteiger partial charge in [0.25, 0.3) is 0 Å². The van der Waals surface area contributed by atoms with Crippen LogP contribution in [0.15, 0.2) is 231 Å². The number of rotatable bonds is 8. The molecule has 10 aromatic carbocycles. The van der Waals surface area contributed by atoms with Crippen LogP contribution in [0.4, 0.5) is 0 Å². The lowest BCUT2D eigenvalue weighted by Crippen LogP contribution is -2.39. The standard InChI is InChI=1S/C63H47N3Si/c1-67(2,3)51-35-37-56-55-36-34-47(40-58(55)63(59(56)41-51,49-23-9-5-10-24-49)50-25-11-6-12-26-50)46-22-17-21-45(38-46)42-30-32-44(33-31-42)61-64-60(43-18-7-4-8-19-43)65-62(66-61)57-39-48-20-13-14-27-52(48)53-28-15-16-29-54(53)57/h4-41H,1-3H3. The molecule has 0 bridgehead atoms. The molecule has 0 atom stereocenters. The van der Waals surface area contributed by atoms with E-state index < -0.39 is 13.5 Å². The fraction of sp³-hybridized carbons (Fsp3) is 0.0635. The van der Waals surface area contributed by atoms with Gasteiger partial charge in [-0.2, -0.15) is 0 Å². The topological polar surface area (TPSA) is 38.7 Å². The van der Waals surface area contributed by atoms with E-state index in [1.165, 1.54) is 60.5 Å². The van der Waals surface area contributed by atoms with Gasteiger partial charge in [0.15, 0.2) is 17.5 Å². The number of hydrogen-bond donors (Lipinski definition) is 0. The third kappa shape index (κ3) is 6.92. The second-order valence-corrected chi connectivity index (χ2v) is 23.9. The van der Waals surface area contributed by atoms with Gasteiger partial charge in [-0.15, -0.1) is 0 Å². The summed E-state index contributed by atoms with van der Waals surface area (Å²) in [5.41, 5.74) is 14.9. The smallest absolute Gasteiger partial charge is 0.164 e. The van der Waals surface area contributed by atoms with Gasteiger partial charge in [-0.1, -0.05) is 237 Å². The Bertz CT molecular complexity index is 3610. The van der Waals surface area contributed by atoms with Crippen LogP contribution in [0.2, 0.25) is 19.6 Å². The van der Waals surface area contributed by atoms with E-state index in [1.54, 1.807) is 0 Å². The predicted octanol–water partition coefficient (Wildman–Crippen LogP) is 15.4. The zero-order chi connectivity index (χ0) is 45.1. The molecule has 0 radical (unpaired) electrons. The lowest BCUT2D eigenvalue weighted by atomic mass is 9.67. The fourth-order valence-electron chi connectivity index (χ4n) is 10.4. The minimum absolute atomic E-state index is 0.469. The van der Waals surface area contributed by atoms with Crippen molar-refractivity contribution in [3.63, 3.8) is 0 Å². The van der Waals surface area contributed by atoms with Crippen molar-refractivity contribution in [1.29, 1.82) is 0 Å². The van der Waals surface area contributed by atoms with Gasteiger partial charge in [0.2, 0.25) is 0 Å². The van der Waals surface area contributed by atoms with E-state index in [9.17, 15) is 0 Å². The molecule has 0 amide bonds. The summed E-state index contributed by atoms with van der Waals surface area (Å²) in [6, 6.07) is 83.8. The lowest BCUT2D eigenvalue weighted by molar-refractivity contribution is 0.769. The minimum Gasteiger partial charge on any atom is -0.208 e. The molecule has 3 nitrogen and oxygen atoms in total. The third-order valence-electron chi connectivity index (χ3n) is 13.8. The lowest BCUT2D eigenvalue weighted by Gasteiger charge is -2.35. The van der Waals surface area contributed by atoms with Crippen molar-refractivity contribution in [2.75, 3.05) is 0 Å². The number of aromatic nitrogens is 3. The predicted molar refractivity (Wildman–Crippen MR) is 282 cm³/mol. The minimum atomic E-state index is -1.63. The van der Waals surface area contributed by atoms with Crippen LogP contribution in [0.1, 0.15) is 22.3 Å². The molecule has 1 heterocycles. The third-order valence-corrected chi connectivity index (χ3v) is 15.8. The Hall–Kier alpha value is -8.05. The number of nitrogens with zero attached hydrogens (tertiary/aromatic N) is 3. The molecule has 0 fully saturated rings. The normalized spacial score (nSPS) is 12.8. The molecular formula is C63H47N3Si. The van der Waals surface area contributed by atoms with Crippen molar-refractivity contribution in [2.24, 2.45) is 0 Å². The van der Waals surface area contributed by atoms with Gasteiger partial charge in [-0.3, -0.25) is 0 Å². The number of fused-ring (bicyclic) bond motifs is 6. The summed E-state index contributed by atoms with van der Waals surface area (Å²) >= 11 is 0. The van der Waals surface area contributed by atoms with Crippen LogP contribution < -0.4 is 5.19 Å². The van der Waals surface area contributed by atoms with Crippen LogP contribution in [-0.4, -0.2) is 23.0 Å². The summed E-state index contributed by atoms with van der Waals surface area (Å²) in [4.78, 5) is 15.4. The highest BCUT2D eigenvalue weighted by Crippen LogP contribution is 2.56. The Kier molecular flexibility index (Phi) is 9.74. The highest BCUT2D eigenvalue weighted by Gasteiger charge is 2.46. The van der Waals surface area contributed by atoms with E-state index in [1.807, 2.05) is 18.2 Å². The van der Waals surface area contributed by atoms with E-state index in [-0.39, 0.29) is 0 Å². The molecule has 0 saturated heterocycles. The van der Waals surface area contributed by atoms with Gasteiger partial charge in [0, 0.05) is 16.7 Å². The molecule has 0 unspecified atom stereocenters. The molecule has 0 spiro atoms. The first-order chi connectivity index (χ1) is 32.8. The van der Waals surface area contributed by atoms with Crippen LogP contribution in [0, 0.1) is 0 Å².